The smallest absolute Gasteiger partial charge is 0.225 e. The van der Waals surface area contributed by atoms with Gasteiger partial charge in [0, 0.05) is 25.2 Å². The van der Waals surface area contributed by atoms with Gasteiger partial charge >= 0.3 is 0 Å². The number of hydrogen-bond acceptors (Lipinski definition) is 2. The van der Waals surface area contributed by atoms with Crippen LogP contribution >= 0.6 is 0 Å². The molecule has 17 heavy (non-hydrogen) atoms. The fourth-order valence-corrected chi connectivity index (χ4v) is 2.44. The first-order chi connectivity index (χ1) is 8.28. The van der Waals surface area contributed by atoms with E-state index in [9.17, 15) is 4.79 Å². The van der Waals surface area contributed by atoms with Crippen molar-refractivity contribution in [2.75, 3.05) is 5.32 Å². The molecule has 0 unspecified atom stereocenters. The van der Waals surface area contributed by atoms with E-state index in [1.54, 1.807) is 0 Å². The van der Waals surface area contributed by atoms with Gasteiger partial charge in [-0.25, -0.2) is 0 Å². The fraction of sp³-hybridized carbons (Fsp3) is 0.692. The summed E-state index contributed by atoms with van der Waals surface area (Å²) in [6.45, 7) is 2.86. The van der Waals surface area contributed by atoms with Crippen molar-refractivity contribution in [1.29, 1.82) is 0 Å². The van der Waals surface area contributed by atoms with Crippen molar-refractivity contribution < 1.29 is 4.79 Å². The van der Waals surface area contributed by atoms with Crippen LogP contribution in [0, 0.1) is 5.92 Å². The summed E-state index contributed by atoms with van der Waals surface area (Å²) in [5, 5.41) is 7.08. The van der Waals surface area contributed by atoms with E-state index in [-0.39, 0.29) is 5.91 Å². The molecule has 1 amide bonds. The fourth-order valence-electron chi connectivity index (χ4n) is 2.44. The molecule has 4 nitrogen and oxygen atoms in total. The molecule has 0 bridgehead atoms. The number of carbonyl (C=O) groups excluding carboxylic acids is 1. The molecule has 1 heterocycles. The molecule has 0 spiro atoms. The molecule has 1 aliphatic carbocycles. The van der Waals surface area contributed by atoms with Gasteiger partial charge in [0.2, 0.25) is 5.91 Å². The summed E-state index contributed by atoms with van der Waals surface area (Å²) < 4.78 is 1.81. The van der Waals surface area contributed by atoms with Crippen LogP contribution in [0.25, 0.3) is 0 Å². The third-order valence-electron chi connectivity index (χ3n) is 3.49. The summed E-state index contributed by atoms with van der Waals surface area (Å²) in [6.07, 6.45) is 8.83. The second kappa shape index (κ2) is 5.84. The predicted molar refractivity (Wildman–Crippen MR) is 67.7 cm³/mol. The predicted octanol–water partition coefficient (Wildman–Crippen LogP) is 2.81. The van der Waals surface area contributed by atoms with E-state index < -0.39 is 0 Å². The van der Waals surface area contributed by atoms with Crippen LogP contribution in [0.1, 0.15) is 45.4 Å². The second-order valence-electron chi connectivity index (χ2n) is 4.79. The molecule has 2 rings (SSSR count). The summed E-state index contributed by atoms with van der Waals surface area (Å²) in [7, 11) is 0. The van der Waals surface area contributed by atoms with Gasteiger partial charge in [0.05, 0.1) is 0 Å². The summed E-state index contributed by atoms with van der Waals surface area (Å²) >= 11 is 0. The van der Waals surface area contributed by atoms with Crippen molar-refractivity contribution in [3.8, 4) is 0 Å². The maximum absolute atomic E-state index is 11.7. The van der Waals surface area contributed by atoms with E-state index in [2.05, 4.69) is 10.4 Å². The van der Waals surface area contributed by atoms with Crippen molar-refractivity contribution in [3.63, 3.8) is 0 Å². The number of aromatic nitrogens is 2. The van der Waals surface area contributed by atoms with Crippen LogP contribution < -0.4 is 5.32 Å². The van der Waals surface area contributed by atoms with Crippen LogP contribution in [0.5, 0.6) is 0 Å². The third kappa shape index (κ3) is 3.58. The number of aryl methyl sites for hydroxylation is 1. The minimum absolute atomic E-state index is 0.0956. The van der Waals surface area contributed by atoms with E-state index >= 15 is 0 Å². The molecule has 1 saturated carbocycles. The van der Waals surface area contributed by atoms with Gasteiger partial charge in [-0.15, -0.1) is 0 Å². The van der Waals surface area contributed by atoms with E-state index in [0.717, 1.165) is 18.9 Å². The van der Waals surface area contributed by atoms with E-state index in [1.807, 2.05) is 23.9 Å². The van der Waals surface area contributed by atoms with Gasteiger partial charge in [0.1, 0.15) is 0 Å². The minimum Gasteiger partial charge on any atom is -0.309 e. The maximum atomic E-state index is 11.7. The Kier molecular flexibility index (Phi) is 4.18. The third-order valence-corrected chi connectivity index (χ3v) is 3.49. The molecule has 1 aliphatic rings. The number of nitrogens with one attached hydrogen (secondary N) is 1. The molecule has 4 heteroatoms. The lowest BCUT2D eigenvalue weighted by Crippen LogP contribution is -2.13. The van der Waals surface area contributed by atoms with Gasteiger partial charge in [0.15, 0.2) is 5.82 Å². The molecule has 1 aromatic rings. The lowest BCUT2D eigenvalue weighted by Gasteiger charge is -2.07. The first-order valence-corrected chi connectivity index (χ1v) is 6.61. The highest BCUT2D eigenvalue weighted by Crippen LogP contribution is 2.28. The normalized spacial score (nSPS) is 16.3. The number of amides is 1. The highest BCUT2D eigenvalue weighted by atomic mass is 16.1. The monoisotopic (exact) mass is 235 g/mol. The van der Waals surface area contributed by atoms with E-state index in [4.69, 9.17) is 0 Å². The molecule has 1 aromatic heterocycles. The summed E-state index contributed by atoms with van der Waals surface area (Å²) in [5.74, 6) is 1.54. The zero-order valence-corrected chi connectivity index (χ0v) is 10.5. The second-order valence-corrected chi connectivity index (χ2v) is 4.79. The molecule has 94 valence electrons. The zero-order valence-electron chi connectivity index (χ0n) is 10.5. The van der Waals surface area contributed by atoms with Gasteiger partial charge in [-0.3, -0.25) is 9.48 Å². The average molecular weight is 235 g/mol. The van der Waals surface area contributed by atoms with Crippen molar-refractivity contribution in [1.82, 2.24) is 9.78 Å². The number of rotatable bonds is 5. The number of hydrogen-bond donors (Lipinski definition) is 1. The molecule has 1 N–H and O–H groups in total. The Morgan fingerprint density at radius 1 is 1.53 bits per heavy atom. The van der Waals surface area contributed by atoms with E-state index in [1.165, 1.54) is 25.7 Å². The Bertz CT molecular complexity index is 366. The summed E-state index contributed by atoms with van der Waals surface area (Å²) in [5.41, 5.74) is 0. The van der Waals surface area contributed by atoms with Crippen LogP contribution in [-0.2, 0) is 11.3 Å². The largest absolute Gasteiger partial charge is 0.309 e. The van der Waals surface area contributed by atoms with Gasteiger partial charge in [0.25, 0.3) is 0 Å². The van der Waals surface area contributed by atoms with Gasteiger partial charge < -0.3 is 5.32 Å². The van der Waals surface area contributed by atoms with Crippen LogP contribution in [0.2, 0.25) is 0 Å². The highest BCUT2D eigenvalue weighted by Gasteiger charge is 2.16. The molecule has 1 fully saturated rings. The lowest BCUT2D eigenvalue weighted by molar-refractivity contribution is -0.116. The van der Waals surface area contributed by atoms with Gasteiger partial charge in [-0.2, -0.15) is 5.10 Å². The molecule has 0 aromatic carbocycles. The van der Waals surface area contributed by atoms with Crippen LogP contribution in [-0.4, -0.2) is 15.7 Å². The molecule has 0 atom stereocenters. The van der Waals surface area contributed by atoms with Crippen molar-refractivity contribution >= 4 is 11.7 Å². The Morgan fingerprint density at radius 3 is 2.94 bits per heavy atom. The Morgan fingerprint density at radius 2 is 2.29 bits per heavy atom. The van der Waals surface area contributed by atoms with Gasteiger partial charge in [-0.05, 0) is 19.3 Å². The molecule has 0 saturated heterocycles. The maximum Gasteiger partial charge on any atom is 0.225 e. The van der Waals surface area contributed by atoms with Crippen molar-refractivity contribution in [2.24, 2.45) is 5.92 Å². The molecular weight excluding hydrogens is 214 g/mol. The summed E-state index contributed by atoms with van der Waals surface area (Å²) in [4.78, 5) is 11.7. The first kappa shape index (κ1) is 12.1. The first-order valence-electron chi connectivity index (χ1n) is 6.61. The zero-order chi connectivity index (χ0) is 12.1. The minimum atomic E-state index is 0.0956. The van der Waals surface area contributed by atoms with Crippen LogP contribution in [0.3, 0.4) is 0 Å². The standard InChI is InChI=1S/C13H21N3O/c1-2-16-10-9-12(15-16)14-13(17)8-7-11-5-3-4-6-11/h9-11H,2-8H2,1H3,(H,14,15,17). The number of carbonyl (C=O) groups is 1. The number of anilines is 1. The summed E-state index contributed by atoms with van der Waals surface area (Å²) in [6, 6.07) is 1.84. The van der Waals surface area contributed by atoms with E-state index in [0.29, 0.717) is 12.2 Å². The van der Waals surface area contributed by atoms with Crippen LogP contribution in [0.4, 0.5) is 5.82 Å². The van der Waals surface area contributed by atoms with Crippen molar-refractivity contribution in [2.45, 2.75) is 52.0 Å². The average Bonchev–Trinajstić information content (AvgIpc) is 2.97. The van der Waals surface area contributed by atoms with Gasteiger partial charge in [-0.1, -0.05) is 25.7 Å². The van der Waals surface area contributed by atoms with Crippen LogP contribution in [0.15, 0.2) is 12.3 Å². The number of nitrogens with zero attached hydrogens (tertiary/aromatic N) is 2. The highest BCUT2D eigenvalue weighted by molar-refractivity contribution is 5.89. The van der Waals surface area contributed by atoms with Crippen molar-refractivity contribution in [3.05, 3.63) is 12.3 Å². The lowest BCUT2D eigenvalue weighted by atomic mass is 10.0. The topological polar surface area (TPSA) is 46.9 Å². The Balaban J connectivity index is 1.72. The SMILES string of the molecule is CCn1ccc(NC(=O)CCC2CCCC2)n1. The molecule has 0 aliphatic heterocycles. The molecular formula is C13H21N3O. The quantitative estimate of drug-likeness (QED) is 0.853. The Hall–Kier alpha value is -1.32. The molecule has 0 radical (unpaired) electrons. The Labute approximate surface area is 102 Å².